The van der Waals surface area contributed by atoms with E-state index in [4.69, 9.17) is 5.73 Å². The van der Waals surface area contributed by atoms with Gasteiger partial charge in [0, 0.05) is 11.9 Å². The highest BCUT2D eigenvalue weighted by atomic mass is 127. The molecule has 0 bridgehead atoms. The van der Waals surface area contributed by atoms with Crippen LogP contribution in [0.2, 0.25) is 0 Å². The number of benzene rings is 1. The summed E-state index contributed by atoms with van der Waals surface area (Å²) in [5.74, 6) is 0.240. The summed E-state index contributed by atoms with van der Waals surface area (Å²) in [7, 11) is -3.17. The van der Waals surface area contributed by atoms with E-state index in [9.17, 15) is 8.42 Å². The van der Waals surface area contributed by atoms with Gasteiger partial charge in [0.15, 0.2) is 15.8 Å². The van der Waals surface area contributed by atoms with E-state index >= 15 is 0 Å². The van der Waals surface area contributed by atoms with Gasteiger partial charge in [-0.05, 0) is 56.4 Å². The first-order valence-electron chi connectivity index (χ1n) is 7.07. The first kappa shape index (κ1) is 19.2. The molecule has 22 heavy (non-hydrogen) atoms. The van der Waals surface area contributed by atoms with Crippen LogP contribution in [0.4, 0.5) is 5.69 Å². The van der Waals surface area contributed by atoms with E-state index in [1.54, 1.807) is 13.8 Å². The molecule has 0 radical (unpaired) electrons. The topological polar surface area (TPSA) is 84.5 Å². The number of nitrogens with two attached hydrogens (primary N) is 1. The lowest BCUT2D eigenvalue weighted by Gasteiger charge is -2.20. The van der Waals surface area contributed by atoms with Gasteiger partial charge >= 0.3 is 0 Å². The third-order valence-corrected chi connectivity index (χ3v) is 6.14. The van der Waals surface area contributed by atoms with Gasteiger partial charge in [-0.25, -0.2) is 8.42 Å². The van der Waals surface area contributed by atoms with Crippen LogP contribution in [0.3, 0.4) is 0 Å². The molecular weight excluding hydrogens is 413 g/mol. The maximum atomic E-state index is 11.6. The Morgan fingerprint density at radius 3 is 2.59 bits per heavy atom. The predicted molar refractivity (Wildman–Crippen MR) is 103 cm³/mol. The molecule has 0 amide bonds. The molecule has 0 aliphatic heterocycles. The van der Waals surface area contributed by atoms with E-state index in [2.05, 4.69) is 22.4 Å². The molecule has 2 rings (SSSR count). The zero-order valence-electron chi connectivity index (χ0n) is 13.2. The van der Waals surface area contributed by atoms with Crippen molar-refractivity contribution in [2.24, 2.45) is 10.7 Å². The summed E-state index contributed by atoms with van der Waals surface area (Å²) in [5.41, 5.74) is 9.49. The quantitative estimate of drug-likeness (QED) is 0.430. The number of halogens is 1. The number of fused-ring (bicyclic) bond motifs is 1. The van der Waals surface area contributed by atoms with E-state index < -0.39 is 14.6 Å². The molecule has 0 saturated carbocycles. The Labute approximate surface area is 149 Å². The fourth-order valence-electron chi connectivity index (χ4n) is 2.23. The van der Waals surface area contributed by atoms with Crippen LogP contribution < -0.4 is 11.1 Å². The summed E-state index contributed by atoms with van der Waals surface area (Å²) in [4.78, 5) is 4.16. The smallest absolute Gasteiger partial charge is 0.193 e. The maximum Gasteiger partial charge on any atom is 0.193 e. The third kappa shape index (κ3) is 4.58. The summed E-state index contributed by atoms with van der Waals surface area (Å²) < 4.78 is 22.3. The van der Waals surface area contributed by atoms with Crippen LogP contribution in [0.25, 0.3) is 0 Å². The molecule has 0 fully saturated rings. The largest absolute Gasteiger partial charge is 0.370 e. The van der Waals surface area contributed by atoms with E-state index in [0.29, 0.717) is 0 Å². The van der Waals surface area contributed by atoms with Gasteiger partial charge in [-0.2, -0.15) is 0 Å². The molecule has 1 aliphatic rings. The van der Waals surface area contributed by atoms with E-state index in [1.165, 1.54) is 23.8 Å². The van der Waals surface area contributed by atoms with Crippen molar-refractivity contribution in [2.45, 2.75) is 37.9 Å². The second-order valence-electron chi connectivity index (χ2n) is 6.20. The average molecular weight is 437 g/mol. The molecular formula is C15H24IN3O2S. The number of guanidine groups is 1. The number of aryl methyl sites for hydroxylation is 2. The van der Waals surface area contributed by atoms with Gasteiger partial charge in [0.05, 0.1) is 11.3 Å². The number of hydrogen-bond donors (Lipinski definition) is 2. The highest BCUT2D eigenvalue weighted by Gasteiger charge is 2.29. The van der Waals surface area contributed by atoms with Crippen molar-refractivity contribution in [3.63, 3.8) is 0 Å². The maximum absolute atomic E-state index is 11.6. The number of rotatable bonds is 4. The Bertz CT molecular complexity index is 669. The average Bonchev–Trinajstić information content (AvgIpc) is 2.82. The summed E-state index contributed by atoms with van der Waals surface area (Å²) in [6.07, 6.45) is 4.66. The van der Waals surface area contributed by atoms with Crippen LogP contribution in [0.1, 0.15) is 31.4 Å². The zero-order chi connectivity index (χ0) is 15.7. The van der Waals surface area contributed by atoms with Crippen molar-refractivity contribution in [3.05, 3.63) is 29.3 Å². The predicted octanol–water partition coefficient (Wildman–Crippen LogP) is 2.34. The monoisotopic (exact) mass is 437 g/mol. The Kier molecular flexibility index (Phi) is 6.26. The summed E-state index contributed by atoms with van der Waals surface area (Å²) in [6, 6.07) is 6.18. The van der Waals surface area contributed by atoms with Crippen molar-refractivity contribution in [1.29, 1.82) is 0 Å². The van der Waals surface area contributed by atoms with Crippen LogP contribution in [0.15, 0.2) is 23.2 Å². The molecule has 0 spiro atoms. The third-order valence-electron chi connectivity index (χ3n) is 4.00. The van der Waals surface area contributed by atoms with Crippen LogP contribution in [0, 0.1) is 0 Å². The van der Waals surface area contributed by atoms with Gasteiger partial charge in [-0.1, -0.05) is 6.07 Å². The summed E-state index contributed by atoms with van der Waals surface area (Å²) in [5, 5.41) is 3.03. The van der Waals surface area contributed by atoms with Crippen LogP contribution in [-0.4, -0.2) is 31.9 Å². The highest BCUT2D eigenvalue weighted by molar-refractivity contribution is 14.0. The van der Waals surface area contributed by atoms with Crippen molar-refractivity contribution in [2.75, 3.05) is 18.1 Å². The van der Waals surface area contributed by atoms with Gasteiger partial charge in [0.2, 0.25) is 0 Å². The molecule has 0 saturated heterocycles. The first-order chi connectivity index (χ1) is 9.69. The molecule has 7 heteroatoms. The lowest BCUT2D eigenvalue weighted by molar-refractivity contribution is 0.555. The second kappa shape index (κ2) is 7.16. The molecule has 1 aliphatic carbocycles. The number of anilines is 1. The van der Waals surface area contributed by atoms with Crippen molar-refractivity contribution >= 4 is 45.5 Å². The van der Waals surface area contributed by atoms with Gasteiger partial charge in [-0.3, -0.25) is 4.99 Å². The number of nitrogens with zero attached hydrogens (tertiary/aromatic N) is 1. The molecule has 5 nitrogen and oxygen atoms in total. The number of hydrogen-bond acceptors (Lipinski definition) is 3. The Morgan fingerprint density at radius 1 is 1.32 bits per heavy atom. The number of sulfone groups is 1. The van der Waals surface area contributed by atoms with Crippen molar-refractivity contribution in [3.8, 4) is 0 Å². The normalized spacial score (nSPS) is 15.1. The summed E-state index contributed by atoms with van der Waals surface area (Å²) >= 11 is 0. The van der Waals surface area contributed by atoms with Gasteiger partial charge < -0.3 is 11.1 Å². The lowest BCUT2D eigenvalue weighted by Crippen LogP contribution is -2.36. The Hall–Kier alpha value is -0.830. The van der Waals surface area contributed by atoms with Gasteiger partial charge in [0.25, 0.3) is 0 Å². The van der Waals surface area contributed by atoms with E-state index in [-0.39, 0.29) is 36.5 Å². The second-order valence-corrected chi connectivity index (χ2v) is 8.84. The molecule has 0 heterocycles. The first-order valence-corrected chi connectivity index (χ1v) is 8.96. The zero-order valence-corrected chi connectivity index (χ0v) is 16.4. The van der Waals surface area contributed by atoms with Crippen LogP contribution >= 0.6 is 24.0 Å². The highest BCUT2D eigenvalue weighted by Crippen LogP contribution is 2.24. The van der Waals surface area contributed by atoms with E-state index in [1.807, 2.05) is 6.07 Å². The molecule has 0 aromatic heterocycles. The fourth-order valence-corrected chi connectivity index (χ4v) is 2.53. The van der Waals surface area contributed by atoms with Crippen LogP contribution in [0.5, 0.6) is 0 Å². The SMILES string of the molecule is CC(C)(CN=C(N)Nc1ccc2c(c1)CCC2)S(C)(=O)=O.I. The fraction of sp³-hybridized carbons (Fsp3) is 0.533. The molecule has 0 unspecified atom stereocenters. The van der Waals surface area contributed by atoms with Crippen LogP contribution in [-0.2, 0) is 22.7 Å². The number of aliphatic imine (C=N–C) groups is 1. The Balaban J connectivity index is 0.00000242. The number of nitrogens with one attached hydrogen (secondary N) is 1. The van der Waals surface area contributed by atoms with E-state index in [0.717, 1.165) is 18.5 Å². The molecule has 0 atom stereocenters. The molecule has 3 N–H and O–H groups in total. The molecule has 124 valence electrons. The molecule has 1 aromatic carbocycles. The van der Waals surface area contributed by atoms with Crippen molar-refractivity contribution < 1.29 is 8.42 Å². The summed E-state index contributed by atoms with van der Waals surface area (Å²) in [6.45, 7) is 3.43. The molecule has 1 aromatic rings. The van der Waals surface area contributed by atoms with Crippen molar-refractivity contribution in [1.82, 2.24) is 0 Å². The lowest BCUT2D eigenvalue weighted by atomic mass is 10.1. The van der Waals surface area contributed by atoms with Gasteiger partial charge in [-0.15, -0.1) is 24.0 Å². The minimum absolute atomic E-state index is 0. The standard InChI is InChI=1S/C15H23N3O2S.HI/c1-15(2,21(3,19)20)10-17-14(16)18-13-8-7-11-5-4-6-12(11)9-13;/h7-9H,4-6,10H2,1-3H3,(H3,16,17,18);1H. The van der Waals surface area contributed by atoms with Gasteiger partial charge in [0.1, 0.15) is 0 Å². The minimum atomic E-state index is -3.17. The minimum Gasteiger partial charge on any atom is -0.370 e. The Morgan fingerprint density at radius 2 is 1.95 bits per heavy atom.